The highest BCUT2D eigenvalue weighted by Crippen LogP contribution is 2.22. The Morgan fingerprint density at radius 3 is 2.39 bits per heavy atom. The van der Waals surface area contributed by atoms with Crippen molar-refractivity contribution < 1.29 is 4.79 Å². The van der Waals surface area contributed by atoms with Gasteiger partial charge in [0.2, 0.25) is 0 Å². The van der Waals surface area contributed by atoms with Crippen LogP contribution in [0.25, 0.3) is 11.4 Å². The van der Waals surface area contributed by atoms with Crippen molar-refractivity contribution in [2.45, 2.75) is 12.8 Å². The Kier molecular flexibility index (Phi) is 4.98. The molecule has 28 heavy (non-hydrogen) atoms. The van der Waals surface area contributed by atoms with Crippen LogP contribution in [0, 0.1) is 11.3 Å². The Balaban J connectivity index is 1.70. The maximum Gasteiger partial charge on any atom is 0.272 e. The van der Waals surface area contributed by atoms with E-state index in [4.69, 9.17) is 5.26 Å². The molecule has 6 nitrogen and oxygen atoms in total. The summed E-state index contributed by atoms with van der Waals surface area (Å²) in [6.07, 6.45) is 2.05. The van der Waals surface area contributed by atoms with Crippen molar-refractivity contribution in [2.24, 2.45) is 0 Å². The summed E-state index contributed by atoms with van der Waals surface area (Å²) in [4.78, 5) is 23.9. The number of hydrogen-bond donors (Lipinski definition) is 1. The van der Waals surface area contributed by atoms with Crippen molar-refractivity contribution in [2.75, 3.05) is 18.4 Å². The maximum absolute atomic E-state index is 12.9. The molecule has 0 unspecified atom stereocenters. The summed E-state index contributed by atoms with van der Waals surface area (Å²) >= 11 is 0. The number of nitrogens with zero attached hydrogens (tertiary/aromatic N) is 4. The van der Waals surface area contributed by atoms with E-state index in [1.54, 1.807) is 18.2 Å². The fourth-order valence-electron chi connectivity index (χ4n) is 3.20. The Labute approximate surface area is 163 Å². The van der Waals surface area contributed by atoms with E-state index in [9.17, 15) is 4.79 Å². The fraction of sp³-hybridized carbons (Fsp3) is 0.182. The predicted molar refractivity (Wildman–Crippen MR) is 107 cm³/mol. The summed E-state index contributed by atoms with van der Waals surface area (Å²) in [6.45, 7) is 1.53. The largest absolute Gasteiger partial charge is 0.340 e. The van der Waals surface area contributed by atoms with Crippen molar-refractivity contribution in [3.63, 3.8) is 0 Å². The molecule has 1 amide bonds. The Morgan fingerprint density at radius 2 is 1.71 bits per heavy atom. The first kappa shape index (κ1) is 17.7. The molecule has 0 saturated carbocycles. The maximum atomic E-state index is 12.9. The number of likely N-dealkylation sites (tertiary alicyclic amines) is 1. The molecule has 1 aromatic heterocycles. The standard InChI is InChI=1S/C22H19N5O/c23-15-16-8-10-18(11-9-16)24-20-14-19(22(28)27-12-4-5-13-27)25-21(26-20)17-6-2-1-3-7-17/h1-3,6-11,14H,4-5,12-13H2,(H,24,25,26). The van der Waals surface area contributed by atoms with Crippen molar-refractivity contribution in [1.29, 1.82) is 5.26 Å². The number of anilines is 2. The minimum Gasteiger partial charge on any atom is -0.340 e. The van der Waals surface area contributed by atoms with E-state index in [2.05, 4.69) is 21.4 Å². The lowest BCUT2D eigenvalue weighted by Crippen LogP contribution is -2.28. The van der Waals surface area contributed by atoms with Gasteiger partial charge in [-0.05, 0) is 37.1 Å². The molecule has 0 aliphatic carbocycles. The van der Waals surface area contributed by atoms with Crippen LogP contribution in [-0.4, -0.2) is 33.9 Å². The molecule has 1 aliphatic heterocycles. The van der Waals surface area contributed by atoms with Crippen LogP contribution < -0.4 is 5.32 Å². The van der Waals surface area contributed by atoms with Crippen LogP contribution in [0.4, 0.5) is 11.5 Å². The molecule has 1 saturated heterocycles. The van der Waals surface area contributed by atoms with Crippen LogP contribution in [0.15, 0.2) is 60.7 Å². The lowest BCUT2D eigenvalue weighted by Gasteiger charge is -2.16. The minimum atomic E-state index is -0.0695. The number of nitriles is 1. The number of rotatable bonds is 4. The van der Waals surface area contributed by atoms with Gasteiger partial charge in [0.1, 0.15) is 11.5 Å². The van der Waals surface area contributed by atoms with Crippen LogP contribution in [0.3, 0.4) is 0 Å². The fourth-order valence-corrected chi connectivity index (χ4v) is 3.20. The van der Waals surface area contributed by atoms with Crippen molar-refractivity contribution in [1.82, 2.24) is 14.9 Å². The zero-order valence-corrected chi connectivity index (χ0v) is 15.3. The molecule has 0 bridgehead atoms. The van der Waals surface area contributed by atoms with Gasteiger partial charge in [0, 0.05) is 30.4 Å². The van der Waals surface area contributed by atoms with Gasteiger partial charge in [-0.2, -0.15) is 5.26 Å². The molecule has 138 valence electrons. The predicted octanol–water partition coefficient (Wildman–Crippen LogP) is 3.99. The molecule has 0 atom stereocenters. The van der Waals surface area contributed by atoms with Gasteiger partial charge in [-0.15, -0.1) is 0 Å². The summed E-state index contributed by atoms with van der Waals surface area (Å²) < 4.78 is 0. The number of amides is 1. The van der Waals surface area contributed by atoms with Gasteiger partial charge in [-0.25, -0.2) is 9.97 Å². The Morgan fingerprint density at radius 1 is 1.00 bits per heavy atom. The number of nitrogens with one attached hydrogen (secondary N) is 1. The summed E-state index contributed by atoms with van der Waals surface area (Å²) in [5, 5.41) is 12.2. The first-order chi connectivity index (χ1) is 13.7. The van der Waals surface area contributed by atoms with Gasteiger partial charge in [0.25, 0.3) is 5.91 Å². The summed E-state index contributed by atoms with van der Waals surface area (Å²) in [7, 11) is 0. The third-order valence-corrected chi connectivity index (χ3v) is 4.66. The number of carbonyl (C=O) groups is 1. The van der Waals surface area contributed by atoms with E-state index in [0.717, 1.165) is 37.2 Å². The van der Waals surface area contributed by atoms with Crippen LogP contribution in [-0.2, 0) is 0 Å². The highest BCUT2D eigenvalue weighted by Gasteiger charge is 2.22. The van der Waals surface area contributed by atoms with E-state index in [1.807, 2.05) is 47.4 Å². The summed E-state index contributed by atoms with van der Waals surface area (Å²) in [5.74, 6) is 0.975. The smallest absolute Gasteiger partial charge is 0.272 e. The van der Waals surface area contributed by atoms with Crippen LogP contribution in [0.2, 0.25) is 0 Å². The second-order valence-corrected chi connectivity index (χ2v) is 6.64. The van der Waals surface area contributed by atoms with E-state index in [0.29, 0.717) is 22.9 Å². The van der Waals surface area contributed by atoms with E-state index >= 15 is 0 Å². The van der Waals surface area contributed by atoms with Crippen molar-refractivity contribution >= 4 is 17.4 Å². The van der Waals surface area contributed by atoms with Crippen molar-refractivity contribution in [3.8, 4) is 17.5 Å². The average Bonchev–Trinajstić information content (AvgIpc) is 3.29. The van der Waals surface area contributed by atoms with Gasteiger partial charge < -0.3 is 10.2 Å². The quantitative estimate of drug-likeness (QED) is 0.752. The van der Waals surface area contributed by atoms with Crippen LogP contribution >= 0.6 is 0 Å². The molecule has 4 rings (SSSR count). The molecule has 1 N–H and O–H groups in total. The molecule has 0 radical (unpaired) electrons. The molecular weight excluding hydrogens is 350 g/mol. The Bertz CT molecular complexity index is 1020. The number of benzene rings is 2. The summed E-state index contributed by atoms with van der Waals surface area (Å²) in [6, 6.07) is 20.5. The van der Waals surface area contributed by atoms with Gasteiger partial charge in [0.15, 0.2) is 5.82 Å². The average molecular weight is 369 g/mol. The second-order valence-electron chi connectivity index (χ2n) is 6.64. The van der Waals surface area contributed by atoms with E-state index in [-0.39, 0.29) is 5.91 Å². The minimum absolute atomic E-state index is 0.0695. The van der Waals surface area contributed by atoms with Gasteiger partial charge in [0.05, 0.1) is 11.6 Å². The first-order valence-corrected chi connectivity index (χ1v) is 9.24. The SMILES string of the molecule is N#Cc1ccc(Nc2cc(C(=O)N3CCCC3)nc(-c3ccccc3)n2)cc1. The molecule has 3 aromatic rings. The molecule has 1 fully saturated rings. The summed E-state index contributed by atoms with van der Waals surface area (Å²) in [5.41, 5.74) is 2.60. The zero-order chi connectivity index (χ0) is 19.3. The van der Waals surface area contributed by atoms with Crippen LogP contribution in [0.5, 0.6) is 0 Å². The highest BCUT2D eigenvalue weighted by atomic mass is 16.2. The molecule has 0 spiro atoms. The Hall–Kier alpha value is -3.72. The van der Waals surface area contributed by atoms with Gasteiger partial charge >= 0.3 is 0 Å². The lowest BCUT2D eigenvalue weighted by molar-refractivity contribution is 0.0787. The topological polar surface area (TPSA) is 81.9 Å². The number of aromatic nitrogens is 2. The normalized spacial score (nSPS) is 13.2. The van der Waals surface area contributed by atoms with E-state index in [1.165, 1.54) is 0 Å². The van der Waals surface area contributed by atoms with Crippen molar-refractivity contribution in [3.05, 3.63) is 71.9 Å². The second kappa shape index (κ2) is 7.89. The molecule has 2 aromatic carbocycles. The van der Waals surface area contributed by atoms with Gasteiger partial charge in [-0.1, -0.05) is 30.3 Å². The molecule has 6 heteroatoms. The number of hydrogen-bond acceptors (Lipinski definition) is 5. The zero-order valence-electron chi connectivity index (χ0n) is 15.3. The van der Waals surface area contributed by atoms with E-state index < -0.39 is 0 Å². The third kappa shape index (κ3) is 3.84. The monoisotopic (exact) mass is 369 g/mol. The lowest BCUT2D eigenvalue weighted by atomic mass is 10.2. The molecule has 1 aliphatic rings. The molecule has 2 heterocycles. The third-order valence-electron chi connectivity index (χ3n) is 4.66. The van der Waals surface area contributed by atoms with Gasteiger partial charge in [-0.3, -0.25) is 4.79 Å². The first-order valence-electron chi connectivity index (χ1n) is 9.24. The number of carbonyl (C=O) groups excluding carboxylic acids is 1. The highest BCUT2D eigenvalue weighted by molar-refractivity contribution is 5.93. The molecular formula is C22H19N5O. The van der Waals surface area contributed by atoms with Crippen LogP contribution in [0.1, 0.15) is 28.9 Å².